The molecule has 1 N–H and O–H groups in total. The average molecular weight is 527 g/mol. The first-order chi connectivity index (χ1) is 17.7. The average Bonchev–Trinajstić information content (AvgIpc) is 3.21. The van der Waals surface area contributed by atoms with Crippen molar-refractivity contribution in [3.05, 3.63) is 112 Å². The molecular formula is C28H19ClF4N2O2. The first-order valence-electron chi connectivity index (χ1n) is 11.2. The van der Waals surface area contributed by atoms with E-state index in [0.29, 0.717) is 39.8 Å². The van der Waals surface area contributed by atoms with Gasteiger partial charge >= 0.3 is 6.18 Å². The van der Waals surface area contributed by atoms with Crippen molar-refractivity contribution in [3.8, 4) is 22.9 Å². The Morgan fingerprint density at radius 1 is 0.865 bits per heavy atom. The highest BCUT2D eigenvalue weighted by Gasteiger charge is 2.29. The van der Waals surface area contributed by atoms with Gasteiger partial charge in [-0.2, -0.15) is 13.2 Å². The van der Waals surface area contributed by atoms with Gasteiger partial charge in [0.05, 0.1) is 22.2 Å². The third-order valence-corrected chi connectivity index (χ3v) is 6.10. The number of aromatic nitrogens is 2. The van der Waals surface area contributed by atoms with Gasteiger partial charge in [0.1, 0.15) is 29.7 Å². The van der Waals surface area contributed by atoms with Gasteiger partial charge in [0.15, 0.2) is 0 Å². The molecule has 0 saturated carbocycles. The second-order valence-corrected chi connectivity index (χ2v) is 8.88. The molecule has 4 aromatic carbocycles. The lowest BCUT2D eigenvalue weighted by Gasteiger charge is -2.11. The van der Waals surface area contributed by atoms with Crippen LogP contribution < -0.4 is 4.74 Å². The number of rotatable bonds is 6. The summed E-state index contributed by atoms with van der Waals surface area (Å²) in [6, 6.07) is 20.9. The summed E-state index contributed by atoms with van der Waals surface area (Å²) < 4.78 is 59.5. The highest BCUT2D eigenvalue weighted by molar-refractivity contribution is 6.30. The summed E-state index contributed by atoms with van der Waals surface area (Å²) >= 11 is 6.01. The number of benzene rings is 4. The molecule has 188 valence electrons. The second-order valence-electron chi connectivity index (χ2n) is 8.44. The molecule has 9 heteroatoms. The highest BCUT2D eigenvalue weighted by Crippen LogP contribution is 2.35. The van der Waals surface area contributed by atoms with Crippen molar-refractivity contribution in [3.63, 3.8) is 0 Å². The summed E-state index contributed by atoms with van der Waals surface area (Å²) in [5, 5.41) is 10.9. The molecule has 0 aliphatic carbocycles. The number of hydrogen-bond acceptors (Lipinski definition) is 3. The maximum Gasteiger partial charge on any atom is 0.416 e. The Kier molecular flexibility index (Phi) is 6.52. The summed E-state index contributed by atoms with van der Waals surface area (Å²) in [4.78, 5) is 4.72. The molecule has 4 nitrogen and oxygen atoms in total. The van der Waals surface area contributed by atoms with E-state index in [1.54, 1.807) is 36.4 Å². The zero-order chi connectivity index (χ0) is 26.2. The van der Waals surface area contributed by atoms with E-state index in [2.05, 4.69) is 0 Å². The molecule has 37 heavy (non-hydrogen) atoms. The molecule has 0 amide bonds. The van der Waals surface area contributed by atoms with Crippen LogP contribution in [-0.2, 0) is 19.3 Å². The molecule has 0 fully saturated rings. The van der Waals surface area contributed by atoms with E-state index in [0.717, 1.165) is 23.2 Å². The van der Waals surface area contributed by atoms with Crippen LogP contribution in [0.2, 0.25) is 5.02 Å². The smallest absolute Gasteiger partial charge is 0.416 e. The first-order valence-corrected chi connectivity index (χ1v) is 11.6. The molecule has 0 bridgehead atoms. The lowest BCUT2D eigenvalue weighted by atomic mass is 10.1. The van der Waals surface area contributed by atoms with Gasteiger partial charge in [-0.3, -0.25) is 0 Å². The fraction of sp³-hybridized carbons (Fsp3) is 0.107. The van der Waals surface area contributed by atoms with Crippen LogP contribution in [0.1, 0.15) is 16.7 Å². The standard InChI is InChI=1S/C28H19ClF4N2O2/c29-20-7-11-23(26(36)13-20)27-34-24-14-22(37-16-18-1-5-19(6-2-18)28(31,32)33)10-12-25(24)35(27)15-17-3-8-21(30)9-4-17/h1-14,36H,15-16H2. The molecule has 1 heterocycles. The van der Waals surface area contributed by atoms with Gasteiger partial charge < -0.3 is 14.4 Å². The van der Waals surface area contributed by atoms with Crippen LogP contribution in [0, 0.1) is 5.82 Å². The van der Waals surface area contributed by atoms with Crippen molar-refractivity contribution in [2.75, 3.05) is 0 Å². The van der Waals surface area contributed by atoms with Gasteiger partial charge in [0, 0.05) is 17.6 Å². The zero-order valence-electron chi connectivity index (χ0n) is 19.1. The summed E-state index contributed by atoms with van der Waals surface area (Å²) in [5.74, 6) is 0.575. The van der Waals surface area contributed by atoms with E-state index in [1.165, 1.54) is 30.3 Å². The number of phenolic OH excluding ortho intramolecular Hbond substituents is 1. The van der Waals surface area contributed by atoms with Crippen LogP contribution in [0.4, 0.5) is 17.6 Å². The van der Waals surface area contributed by atoms with Crippen molar-refractivity contribution in [1.82, 2.24) is 9.55 Å². The number of phenols is 1. The minimum Gasteiger partial charge on any atom is -0.507 e. The Morgan fingerprint density at radius 3 is 2.24 bits per heavy atom. The normalized spacial score (nSPS) is 11.7. The lowest BCUT2D eigenvalue weighted by molar-refractivity contribution is -0.137. The molecular weight excluding hydrogens is 508 g/mol. The predicted octanol–water partition coefficient (Wildman–Crippen LogP) is 7.85. The minimum atomic E-state index is -4.40. The van der Waals surface area contributed by atoms with E-state index >= 15 is 0 Å². The maximum atomic E-state index is 13.4. The van der Waals surface area contributed by atoms with Gasteiger partial charge in [-0.25, -0.2) is 9.37 Å². The molecule has 0 aliphatic heterocycles. The zero-order valence-corrected chi connectivity index (χ0v) is 19.9. The summed E-state index contributed by atoms with van der Waals surface area (Å²) in [6.45, 7) is 0.435. The Bertz CT molecular complexity index is 1560. The molecule has 5 aromatic rings. The second kappa shape index (κ2) is 9.78. The van der Waals surface area contributed by atoms with Gasteiger partial charge in [0.2, 0.25) is 0 Å². The maximum absolute atomic E-state index is 13.4. The van der Waals surface area contributed by atoms with Crippen LogP contribution in [-0.4, -0.2) is 14.7 Å². The molecule has 0 saturated heterocycles. The number of fused-ring (bicyclic) bond motifs is 1. The third kappa shape index (κ3) is 5.39. The quantitative estimate of drug-likeness (QED) is 0.229. The Hall–Kier alpha value is -4.04. The number of aromatic hydroxyl groups is 1. The van der Waals surface area contributed by atoms with Crippen LogP contribution in [0.25, 0.3) is 22.4 Å². The van der Waals surface area contributed by atoms with Crippen molar-refractivity contribution in [2.45, 2.75) is 19.3 Å². The first kappa shape index (κ1) is 24.6. The summed E-state index contributed by atoms with van der Waals surface area (Å²) in [5.41, 5.74) is 2.49. The van der Waals surface area contributed by atoms with Gasteiger partial charge in [-0.05, 0) is 65.7 Å². The third-order valence-electron chi connectivity index (χ3n) is 5.86. The van der Waals surface area contributed by atoms with E-state index in [1.807, 2.05) is 10.6 Å². The molecule has 0 radical (unpaired) electrons. The minimum absolute atomic E-state index is 0.0399. The van der Waals surface area contributed by atoms with Gasteiger partial charge in [-0.1, -0.05) is 35.9 Å². The van der Waals surface area contributed by atoms with Gasteiger partial charge in [-0.15, -0.1) is 0 Å². The number of ether oxygens (including phenoxy) is 1. The van der Waals surface area contributed by atoms with Crippen molar-refractivity contribution < 1.29 is 27.4 Å². The monoisotopic (exact) mass is 526 g/mol. The van der Waals surface area contributed by atoms with E-state index in [9.17, 15) is 22.7 Å². The Labute approximate surface area is 214 Å². The fourth-order valence-corrected chi connectivity index (χ4v) is 4.15. The largest absolute Gasteiger partial charge is 0.507 e. The predicted molar refractivity (Wildman–Crippen MR) is 133 cm³/mol. The molecule has 0 aliphatic rings. The molecule has 0 spiro atoms. The van der Waals surface area contributed by atoms with Crippen molar-refractivity contribution in [2.24, 2.45) is 0 Å². The number of alkyl halides is 3. The van der Waals surface area contributed by atoms with Crippen LogP contribution in [0.15, 0.2) is 84.9 Å². The van der Waals surface area contributed by atoms with Gasteiger partial charge in [0.25, 0.3) is 0 Å². The highest BCUT2D eigenvalue weighted by atomic mass is 35.5. The van der Waals surface area contributed by atoms with E-state index in [-0.39, 0.29) is 18.2 Å². The molecule has 5 rings (SSSR count). The van der Waals surface area contributed by atoms with E-state index < -0.39 is 11.7 Å². The molecule has 0 unspecified atom stereocenters. The Balaban J connectivity index is 1.48. The SMILES string of the molecule is Oc1cc(Cl)ccc1-c1nc2cc(OCc3ccc(C(F)(F)F)cc3)ccc2n1Cc1ccc(F)cc1. The summed E-state index contributed by atoms with van der Waals surface area (Å²) in [6.07, 6.45) is -4.40. The van der Waals surface area contributed by atoms with Crippen LogP contribution in [0.5, 0.6) is 11.5 Å². The van der Waals surface area contributed by atoms with Crippen LogP contribution in [0.3, 0.4) is 0 Å². The summed E-state index contributed by atoms with van der Waals surface area (Å²) in [7, 11) is 0. The number of hydrogen-bond donors (Lipinski definition) is 1. The molecule has 1 aromatic heterocycles. The van der Waals surface area contributed by atoms with Crippen molar-refractivity contribution >= 4 is 22.6 Å². The van der Waals surface area contributed by atoms with Crippen molar-refractivity contribution in [1.29, 1.82) is 0 Å². The fourth-order valence-electron chi connectivity index (χ4n) is 3.99. The number of nitrogens with zero attached hydrogens (tertiary/aromatic N) is 2. The number of imidazole rings is 1. The van der Waals surface area contributed by atoms with E-state index in [4.69, 9.17) is 21.3 Å². The molecule has 0 atom stereocenters. The number of halogens is 5. The Morgan fingerprint density at radius 2 is 1.57 bits per heavy atom. The van der Waals surface area contributed by atoms with Crippen LogP contribution >= 0.6 is 11.6 Å². The lowest BCUT2D eigenvalue weighted by Crippen LogP contribution is -2.05. The topological polar surface area (TPSA) is 47.3 Å².